The van der Waals surface area contributed by atoms with Gasteiger partial charge in [-0.05, 0) is 51.4 Å². The van der Waals surface area contributed by atoms with E-state index in [1.165, 1.54) is 83.5 Å². The number of ether oxygens (including phenoxy) is 6. The standard InChI is InChI=1S/C56H101NO18/c1-3-5-7-9-11-13-15-17-19-20-22-24-26-28-30-32-34-44(62)57-39(40(61)33-31-29-27-25-23-21-18-16-14-12-10-8-6-4-2)38-70-54-50(68)47(65)52(42(36-59)72-54)75-56-51(69)48(66)53(43(37-60)73-56)74-55-49(67)46(64)45(63)41(35-58)71-55/h13,15,19-20,31,33,39-43,45-56,58-61,63-69H,3-12,14,16-18,21-30,32,34-38H2,1-2H3,(H,57,62)/b15-13-,20-19-,33-31+. The first-order valence-electron chi connectivity index (χ1n) is 28.7. The lowest BCUT2D eigenvalue weighted by Gasteiger charge is -2.48. The zero-order chi connectivity index (χ0) is 54.8. The lowest BCUT2D eigenvalue weighted by atomic mass is 9.96. The van der Waals surface area contributed by atoms with Crippen LogP contribution in [0.15, 0.2) is 36.5 Å². The molecule has 3 saturated heterocycles. The van der Waals surface area contributed by atoms with Gasteiger partial charge in [-0.15, -0.1) is 0 Å². The van der Waals surface area contributed by atoms with Crippen molar-refractivity contribution < 1.29 is 89.4 Å². The molecular formula is C56H101NO18. The Hall–Kier alpha value is -1.99. The number of aliphatic hydroxyl groups is 11. The quantitative estimate of drug-likeness (QED) is 0.0302. The van der Waals surface area contributed by atoms with Gasteiger partial charge in [-0.25, -0.2) is 0 Å². The molecule has 3 aliphatic heterocycles. The number of hydrogen-bond donors (Lipinski definition) is 12. The Morgan fingerprint density at radius 3 is 1.37 bits per heavy atom. The van der Waals surface area contributed by atoms with Crippen LogP contribution in [0.4, 0.5) is 0 Å². The Morgan fingerprint density at radius 1 is 0.480 bits per heavy atom. The molecule has 3 aliphatic rings. The van der Waals surface area contributed by atoms with Crippen LogP contribution in [0.2, 0.25) is 0 Å². The number of amides is 1. The smallest absolute Gasteiger partial charge is 0.220 e. The van der Waals surface area contributed by atoms with Crippen molar-refractivity contribution >= 4 is 5.91 Å². The zero-order valence-electron chi connectivity index (χ0n) is 45.3. The molecule has 1 amide bonds. The molecule has 438 valence electrons. The maximum Gasteiger partial charge on any atom is 0.220 e. The second kappa shape index (κ2) is 40.2. The molecule has 3 rings (SSSR count). The van der Waals surface area contributed by atoms with Crippen LogP contribution in [0.5, 0.6) is 0 Å². The average molecular weight is 1080 g/mol. The number of aliphatic hydroxyl groups excluding tert-OH is 11. The summed E-state index contributed by atoms with van der Waals surface area (Å²) in [6.45, 7) is 1.67. The Labute approximate surface area is 447 Å². The minimum atomic E-state index is -1.98. The van der Waals surface area contributed by atoms with Crippen LogP contribution in [0.25, 0.3) is 0 Å². The third-order valence-electron chi connectivity index (χ3n) is 14.4. The highest BCUT2D eigenvalue weighted by Gasteiger charge is 2.53. The van der Waals surface area contributed by atoms with E-state index >= 15 is 0 Å². The van der Waals surface area contributed by atoms with Gasteiger partial charge in [0.25, 0.3) is 0 Å². The van der Waals surface area contributed by atoms with Gasteiger partial charge in [0.2, 0.25) is 5.91 Å². The molecule has 0 bridgehead atoms. The van der Waals surface area contributed by atoms with Gasteiger partial charge in [-0.1, -0.05) is 159 Å². The van der Waals surface area contributed by atoms with Crippen LogP contribution in [0, 0.1) is 0 Å². The summed E-state index contributed by atoms with van der Waals surface area (Å²) >= 11 is 0. The summed E-state index contributed by atoms with van der Waals surface area (Å²) in [4.78, 5) is 13.3. The van der Waals surface area contributed by atoms with Crippen molar-refractivity contribution in [2.24, 2.45) is 0 Å². The van der Waals surface area contributed by atoms with Gasteiger partial charge in [0.15, 0.2) is 18.9 Å². The summed E-state index contributed by atoms with van der Waals surface area (Å²) in [5.74, 6) is -0.291. The number of hydrogen-bond acceptors (Lipinski definition) is 18. The number of carbonyl (C=O) groups excluding carboxylic acids is 1. The molecule has 0 aromatic heterocycles. The van der Waals surface area contributed by atoms with Crippen molar-refractivity contribution in [1.29, 1.82) is 0 Å². The molecular weight excluding hydrogens is 975 g/mol. The Bertz CT molecular complexity index is 1520. The third kappa shape index (κ3) is 24.9. The molecule has 3 fully saturated rings. The highest BCUT2D eigenvalue weighted by Crippen LogP contribution is 2.33. The lowest BCUT2D eigenvalue weighted by molar-refractivity contribution is -0.379. The molecule has 17 atom stereocenters. The monoisotopic (exact) mass is 1080 g/mol. The van der Waals surface area contributed by atoms with E-state index in [-0.39, 0.29) is 18.9 Å². The SMILES string of the molecule is CCCCCC/C=C\C/C=C\CCCCCCCC(=O)NC(COC1OC(CO)C(OC2OC(CO)C(OC3OC(CO)C(O)C(O)C3O)C(O)C2O)C(O)C1O)C(O)/C=C/CCCCCCCCCCCCCC. The van der Waals surface area contributed by atoms with Crippen LogP contribution in [-0.2, 0) is 33.2 Å². The van der Waals surface area contributed by atoms with E-state index in [1.54, 1.807) is 6.08 Å². The summed E-state index contributed by atoms with van der Waals surface area (Å²) in [7, 11) is 0. The van der Waals surface area contributed by atoms with Crippen molar-refractivity contribution in [1.82, 2.24) is 5.32 Å². The first-order valence-corrected chi connectivity index (χ1v) is 28.7. The minimum absolute atomic E-state index is 0.227. The van der Waals surface area contributed by atoms with Crippen molar-refractivity contribution in [3.8, 4) is 0 Å². The third-order valence-corrected chi connectivity index (χ3v) is 14.4. The van der Waals surface area contributed by atoms with Crippen LogP contribution >= 0.6 is 0 Å². The van der Waals surface area contributed by atoms with Crippen molar-refractivity contribution in [2.45, 2.75) is 285 Å². The number of nitrogens with one attached hydrogen (secondary N) is 1. The number of rotatable bonds is 41. The maximum absolute atomic E-state index is 13.3. The van der Waals surface area contributed by atoms with Gasteiger partial charge >= 0.3 is 0 Å². The van der Waals surface area contributed by atoms with E-state index in [1.807, 2.05) is 6.08 Å². The van der Waals surface area contributed by atoms with E-state index in [0.29, 0.717) is 6.42 Å². The van der Waals surface area contributed by atoms with E-state index in [0.717, 1.165) is 70.6 Å². The summed E-state index contributed by atoms with van der Waals surface area (Å²) < 4.78 is 34.2. The molecule has 12 N–H and O–H groups in total. The fraction of sp³-hybridized carbons (Fsp3) is 0.875. The molecule has 0 radical (unpaired) electrons. The summed E-state index contributed by atoms with van der Waals surface area (Å²) in [5.41, 5.74) is 0. The van der Waals surface area contributed by atoms with E-state index in [2.05, 4.69) is 43.5 Å². The number of allylic oxidation sites excluding steroid dienone is 5. The van der Waals surface area contributed by atoms with Crippen LogP contribution < -0.4 is 5.32 Å². The zero-order valence-corrected chi connectivity index (χ0v) is 45.3. The first-order chi connectivity index (χ1) is 36.3. The second-order valence-electron chi connectivity index (χ2n) is 20.8. The minimum Gasteiger partial charge on any atom is -0.394 e. The van der Waals surface area contributed by atoms with E-state index < -0.39 is 124 Å². The normalized spacial score (nSPS) is 31.5. The molecule has 19 heteroatoms. The molecule has 0 aliphatic carbocycles. The van der Waals surface area contributed by atoms with Gasteiger partial charge in [0.05, 0.1) is 38.6 Å². The van der Waals surface area contributed by atoms with E-state index in [4.69, 9.17) is 28.4 Å². The fourth-order valence-corrected chi connectivity index (χ4v) is 9.63. The van der Waals surface area contributed by atoms with Crippen LogP contribution in [0.3, 0.4) is 0 Å². The highest BCUT2D eigenvalue weighted by molar-refractivity contribution is 5.76. The summed E-state index contributed by atoms with van der Waals surface area (Å²) in [6.07, 6.45) is 14.1. The molecule has 0 aromatic carbocycles. The number of carbonyl (C=O) groups is 1. The van der Waals surface area contributed by atoms with Crippen LogP contribution in [-0.4, -0.2) is 193 Å². The molecule has 0 spiro atoms. The molecule has 0 saturated carbocycles. The predicted molar refractivity (Wildman–Crippen MR) is 282 cm³/mol. The molecule has 3 heterocycles. The van der Waals surface area contributed by atoms with Crippen LogP contribution in [0.1, 0.15) is 181 Å². The van der Waals surface area contributed by atoms with Gasteiger partial charge < -0.3 is 89.9 Å². The Morgan fingerprint density at radius 2 is 0.880 bits per heavy atom. The first kappa shape index (κ1) is 67.3. The maximum atomic E-state index is 13.3. The van der Waals surface area contributed by atoms with Crippen molar-refractivity contribution in [3.63, 3.8) is 0 Å². The Kier molecular flexibility index (Phi) is 36.1. The second-order valence-corrected chi connectivity index (χ2v) is 20.8. The van der Waals surface area contributed by atoms with Crippen molar-refractivity contribution in [2.75, 3.05) is 26.4 Å². The van der Waals surface area contributed by atoms with Gasteiger partial charge in [-0.3, -0.25) is 4.79 Å². The Balaban J connectivity index is 1.54. The predicted octanol–water partition coefficient (Wildman–Crippen LogP) is 4.15. The molecule has 0 aromatic rings. The van der Waals surface area contributed by atoms with Gasteiger partial charge in [0.1, 0.15) is 73.2 Å². The topological polar surface area (TPSA) is 307 Å². The van der Waals surface area contributed by atoms with E-state index in [9.17, 15) is 61.0 Å². The molecule has 17 unspecified atom stereocenters. The fourth-order valence-electron chi connectivity index (χ4n) is 9.63. The largest absolute Gasteiger partial charge is 0.394 e. The lowest BCUT2D eigenvalue weighted by Crippen LogP contribution is -2.66. The summed E-state index contributed by atoms with van der Waals surface area (Å²) in [5, 5.41) is 120. The summed E-state index contributed by atoms with van der Waals surface area (Å²) in [6, 6.07) is -0.978. The highest BCUT2D eigenvalue weighted by atomic mass is 16.8. The molecule has 19 nitrogen and oxygen atoms in total. The van der Waals surface area contributed by atoms with Gasteiger partial charge in [0, 0.05) is 6.42 Å². The molecule has 75 heavy (non-hydrogen) atoms. The number of unbranched alkanes of at least 4 members (excludes halogenated alkanes) is 21. The average Bonchev–Trinajstić information content (AvgIpc) is 3.41. The van der Waals surface area contributed by atoms with Gasteiger partial charge in [-0.2, -0.15) is 0 Å². The van der Waals surface area contributed by atoms with Crippen molar-refractivity contribution in [3.05, 3.63) is 36.5 Å².